The number of anilines is 1. The van der Waals surface area contributed by atoms with Gasteiger partial charge in [0.15, 0.2) is 5.13 Å². The molecule has 0 atom stereocenters. The molecule has 0 radical (unpaired) electrons. The van der Waals surface area contributed by atoms with Crippen molar-refractivity contribution in [3.8, 4) is 5.75 Å². The van der Waals surface area contributed by atoms with Gasteiger partial charge in [-0.15, -0.1) is 0 Å². The fourth-order valence-corrected chi connectivity index (χ4v) is 7.55. The third kappa shape index (κ3) is 2.71. The van der Waals surface area contributed by atoms with Crippen molar-refractivity contribution in [2.45, 2.75) is 44.1 Å². The van der Waals surface area contributed by atoms with Crippen molar-refractivity contribution in [3.05, 3.63) is 18.2 Å². The van der Waals surface area contributed by atoms with Crippen LogP contribution < -0.4 is 15.0 Å². The number of ether oxygens (including phenoxy) is 1. The molecule has 4 aliphatic carbocycles. The molecule has 4 bridgehead atoms. The molecule has 1 aromatic carbocycles. The Morgan fingerprint density at radius 2 is 1.86 bits per heavy atom. The lowest BCUT2D eigenvalue weighted by molar-refractivity contribution is -0.131. The maximum atomic E-state index is 13.0. The lowest BCUT2D eigenvalue weighted by Crippen LogP contribution is -2.63. The van der Waals surface area contributed by atoms with Crippen LogP contribution in [0.15, 0.2) is 18.2 Å². The molecule has 1 aliphatic heterocycles. The van der Waals surface area contributed by atoms with Crippen LogP contribution in [0.25, 0.3) is 10.2 Å². The highest BCUT2D eigenvalue weighted by Crippen LogP contribution is 2.55. The fraction of sp³-hybridized carbons (Fsp3) is 0.636. The molecule has 0 unspecified atom stereocenters. The average Bonchev–Trinajstić information content (AvgIpc) is 3.01. The second kappa shape index (κ2) is 6.09. The smallest absolute Gasteiger partial charge is 0.227 e. The molecule has 2 heterocycles. The van der Waals surface area contributed by atoms with Crippen LogP contribution in [0, 0.1) is 23.7 Å². The summed E-state index contributed by atoms with van der Waals surface area (Å²) in [4.78, 5) is 20.0. The number of methoxy groups -OCH3 is 1. The van der Waals surface area contributed by atoms with Crippen LogP contribution in [-0.2, 0) is 4.79 Å². The summed E-state index contributed by atoms with van der Waals surface area (Å²) in [6.07, 6.45) is 7.90. The molecule has 5 aliphatic rings. The van der Waals surface area contributed by atoms with Gasteiger partial charge in [-0.05, 0) is 68.4 Å². The highest BCUT2D eigenvalue weighted by atomic mass is 32.1. The molecule has 1 aromatic heterocycles. The van der Waals surface area contributed by atoms with Crippen LogP contribution in [0.5, 0.6) is 5.75 Å². The van der Waals surface area contributed by atoms with Crippen molar-refractivity contribution in [3.63, 3.8) is 0 Å². The topological polar surface area (TPSA) is 54.5 Å². The third-order valence-corrected chi connectivity index (χ3v) is 8.63. The molecular formula is C22H27N3O2S. The number of nitrogens with zero attached hydrogens (tertiary/aromatic N) is 2. The number of hydrogen-bond acceptors (Lipinski definition) is 5. The second-order valence-corrected chi connectivity index (χ2v) is 10.6. The molecule has 28 heavy (non-hydrogen) atoms. The van der Waals surface area contributed by atoms with Crippen LogP contribution in [0.1, 0.15) is 38.5 Å². The van der Waals surface area contributed by atoms with Gasteiger partial charge in [-0.2, -0.15) is 0 Å². The van der Waals surface area contributed by atoms with Gasteiger partial charge >= 0.3 is 0 Å². The molecule has 5 nitrogen and oxygen atoms in total. The monoisotopic (exact) mass is 397 g/mol. The number of rotatable bonds is 4. The third-order valence-electron chi connectivity index (χ3n) is 7.53. The predicted octanol–water partition coefficient (Wildman–Crippen LogP) is 3.83. The Balaban J connectivity index is 1.11. The Morgan fingerprint density at radius 1 is 1.18 bits per heavy atom. The van der Waals surface area contributed by atoms with E-state index in [1.807, 2.05) is 12.1 Å². The normalized spacial score (nSPS) is 33.9. The van der Waals surface area contributed by atoms with E-state index in [4.69, 9.17) is 9.72 Å². The molecule has 4 saturated carbocycles. The predicted molar refractivity (Wildman–Crippen MR) is 111 cm³/mol. The number of benzene rings is 1. The van der Waals surface area contributed by atoms with E-state index < -0.39 is 0 Å². The summed E-state index contributed by atoms with van der Waals surface area (Å²) in [6.45, 7) is 1.57. The van der Waals surface area contributed by atoms with E-state index >= 15 is 0 Å². The summed E-state index contributed by atoms with van der Waals surface area (Å²) in [7, 11) is 1.68. The highest BCUT2D eigenvalue weighted by Gasteiger charge is 2.52. The van der Waals surface area contributed by atoms with E-state index in [9.17, 15) is 4.79 Å². The number of amides is 1. The largest absolute Gasteiger partial charge is 0.497 e. The molecule has 6 heteroatoms. The SMILES string of the molecule is COc1ccc2sc(N3CC(C(=O)NC45CC6CC(CC(C6)C4)C5)C3)nc2c1. The van der Waals surface area contributed by atoms with Gasteiger partial charge in [-0.25, -0.2) is 4.98 Å². The fourth-order valence-electron chi connectivity index (χ4n) is 6.59. The van der Waals surface area contributed by atoms with Crippen molar-refractivity contribution in [1.29, 1.82) is 0 Å². The summed E-state index contributed by atoms with van der Waals surface area (Å²) >= 11 is 1.70. The summed E-state index contributed by atoms with van der Waals surface area (Å²) in [5.41, 5.74) is 1.10. The van der Waals surface area contributed by atoms with Crippen LogP contribution in [0.4, 0.5) is 5.13 Å². The van der Waals surface area contributed by atoms with Gasteiger partial charge in [0.25, 0.3) is 0 Å². The van der Waals surface area contributed by atoms with Gasteiger partial charge in [0.1, 0.15) is 5.75 Å². The Labute approximate surface area is 169 Å². The van der Waals surface area contributed by atoms with Gasteiger partial charge in [0.2, 0.25) is 5.91 Å². The average molecular weight is 398 g/mol. The molecular weight excluding hydrogens is 370 g/mol. The molecule has 7 rings (SSSR count). The molecule has 1 amide bonds. The molecule has 2 aromatic rings. The van der Waals surface area contributed by atoms with Crippen molar-refractivity contribution in [1.82, 2.24) is 10.3 Å². The maximum Gasteiger partial charge on any atom is 0.227 e. The van der Waals surface area contributed by atoms with E-state index in [0.29, 0.717) is 0 Å². The number of carbonyl (C=O) groups excluding carboxylic acids is 1. The minimum Gasteiger partial charge on any atom is -0.497 e. The number of carbonyl (C=O) groups is 1. The minimum absolute atomic E-state index is 0.106. The first-order chi connectivity index (χ1) is 13.6. The Morgan fingerprint density at radius 3 is 2.50 bits per heavy atom. The van der Waals surface area contributed by atoms with E-state index in [1.54, 1.807) is 18.4 Å². The first-order valence-corrected chi connectivity index (χ1v) is 11.4. The zero-order valence-electron chi connectivity index (χ0n) is 16.3. The number of thiazole rings is 1. The van der Waals surface area contributed by atoms with Crippen molar-refractivity contribution < 1.29 is 9.53 Å². The Hall–Kier alpha value is -1.82. The van der Waals surface area contributed by atoms with E-state index in [1.165, 1.54) is 38.5 Å². The first kappa shape index (κ1) is 17.1. The zero-order valence-corrected chi connectivity index (χ0v) is 17.1. The molecule has 148 valence electrons. The van der Waals surface area contributed by atoms with E-state index in [2.05, 4.69) is 16.3 Å². The minimum atomic E-state index is 0.106. The van der Waals surface area contributed by atoms with Crippen molar-refractivity contribution in [2.24, 2.45) is 23.7 Å². The molecule has 1 saturated heterocycles. The highest BCUT2D eigenvalue weighted by molar-refractivity contribution is 7.22. The lowest BCUT2D eigenvalue weighted by Gasteiger charge is -2.57. The van der Waals surface area contributed by atoms with Crippen LogP contribution in [-0.4, -0.2) is 36.6 Å². The molecule has 0 spiro atoms. The molecule has 1 N–H and O–H groups in total. The second-order valence-electron chi connectivity index (χ2n) is 9.62. The van der Waals surface area contributed by atoms with E-state index in [0.717, 1.165) is 51.9 Å². The van der Waals surface area contributed by atoms with Gasteiger partial charge < -0.3 is 15.0 Å². The maximum absolute atomic E-state index is 13.0. The number of fused-ring (bicyclic) bond motifs is 1. The van der Waals surface area contributed by atoms with Gasteiger partial charge in [-0.3, -0.25) is 4.79 Å². The number of hydrogen-bond donors (Lipinski definition) is 1. The summed E-state index contributed by atoms with van der Waals surface area (Å²) in [6, 6.07) is 6.01. The van der Waals surface area contributed by atoms with Crippen molar-refractivity contribution in [2.75, 3.05) is 25.1 Å². The summed E-state index contributed by atoms with van der Waals surface area (Å²) < 4.78 is 6.46. The zero-order chi connectivity index (χ0) is 18.9. The Kier molecular flexibility index (Phi) is 3.71. The van der Waals surface area contributed by atoms with Gasteiger partial charge in [0.05, 0.1) is 23.2 Å². The molecule has 5 fully saturated rings. The number of aromatic nitrogens is 1. The summed E-state index contributed by atoms with van der Waals surface area (Å²) in [5, 5.41) is 4.56. The lowest BCUT2D eigenvalue weighted by atomic mass is 9.53. The van der Waals surface area contributed by atoms with Crippen LogP contribution in [0.2, 0.25) is 0 Å². The van der Waals surface area contributed by atoms with Gasteiger partial charge in [0, 0.05) is 24.7 Å². The van der Waals surface area contributed by atoms with E-state index in [-0.39, 0.29) is 17.4 Å². The quantitative estimate of drug-likeness (QED) is 0.852. The standard InChI is InChI=1S/C22H27N3O2S/c1-27-17-2-3-19-18(7-17)23-21(28-19)25-11-16(12-25)20(26)24-22-8-13-4-14(9-22)6-15(5-13)10-22/h2-3,7,13-16H,4-6,8-12H2,1H3,(H,24,26). The van der Waals surface area contributed by atoms with Crippen LogP contribution in [0.3, 0.4) is 0 Å². The Bertz CT molecular complexity index is 898. The summed E-state index contributed by atoms with van der Waals surface area (Å²) in [5.74, 6) is 3.81. The van der Waals surface area contributed by atoms with Crippen LogP contribution >= 0.6 is 11.3 Å². The van der Waals surface area contributed by atoms with Crippen molar-refractivity contribution >= 4 is 32.6 Å². The van der Waals surface area contributed by atoms with Gasteiger partial charge in [-0.1, -0.05) is 11.3 Å². The first-order valence-electron chi connectivity index (χ1n) is 10.6. The number of nitrogens with one attached hydrogen (secondary N) is 1.